The van der Waals surface area contributed by atoms with Gasteiger partial charge in [-0.1, -0.05) is 15.9 Å². The molecule has 0 amide bonds. The largest absolute Gasteiger partial charge is 0.497 e. The fourth-order valence-electron chi connectivity index (χ4n) is 1.70. The number of pyridine rings is 1. The van der Waals surface area contributed by atoms with Gasteiger partial charge in [0.2, 0.25) is 0 Å². The summed E-state index contributed by atoms with van der Waals surface area (Å²) in [6.45, 7) is -0.187. The van der Waals surface area contributed by atoms with Gasteiger partial charge in [0.15, 0.2) is 0 Å². The Labute approximate surface area is 106 Å². The van der Waals surface area contributed by atoms with Gasteiger partial charge in [-0.25, -0.2) is 4.39 Å². The zero-order chi connectivity index (χ0) is 12.4. The fourth-order valence-corrected chi connectivity index (χ4v) is 2.17. The third-order valence-electron chi connectivity index (χ3n) is 2.54. The van der Waals surface area contributed by atoms with Gasteiger partial charge in [0.1, 0.15) is 11.6 Å². The normalized spacial score (nSPS) is 12.7. The molecule has 3 nitrogen and oxygen atoms in total. The molecule has 0 aliphatic carbocycles. The summed E-state index contributed by atoms with van der Waals surface area (Å²) >= 11 is 3.24. The summed E-state index contributed by atoms with van der Waals surface area (Å²) in [4.78, 5) is 3.54. The molecule has 2 aromatic rings. The molecule has 0 fully saturated rings. The van der Waals surface area contributed by atoms with E-state index < -0.39 is 10.6 Å². The summed E-state index contributed by atoms with van der Waals surface area (Å²) in [5, 5.41) is 9.77. The van der Waals surface area contributed by atoms with Crippen LogP contribution < -0.4 is 4.74 Å². The van der Waals surface area contributed by atoms with Crippen molar-refractivity contribution < 1.29 is 14.2 Å². The molecule has 17 heavy (non-hydrogen) atoms. The molecule has 2 rings (SSSR count). The molecule has 0 saturated carbocycles. The van der Waals surface area contributed by atoms with Crippen molar-refractivity contribution in [3.63, 3.8) is 0 Å². The van der Waals surface area contributed by atoms with Crippen LogP contribution in [0, 0.1) is 5.82 Å². The van der Waals surface area contributed by atoms with Crippen LogP contribution in [0.5, 0.6) is 5.75 Å². The fraction of sp³-hybridized carbons (Fsp3) is 0.250. The number of hydrogen-bond acceptors (Lipinski definition) is 3. The van der Waals surface area contributed by atoms with E-state index in [1.165, 1.54) is 0 Å². The molecule has 1 N–H and O–H groups in total. The number of nitrogens with zero attached hydrogens (tertiary/aromatic N) is 1. The number of aliphatic hydroxyl groups is 1. The highest BCUT2D eigenvalue weighted by Gasteiger charge is 2.16. The Hall–Kier alpha value is -1.20. The molecule has 90 valence electrons. The van der Waals surface area contributed by atoms with Crippen molar-refractivity contribution in [3.8, 4) is 5.75 Å². The van der Waals surface area contributed by atoms with E-state index in [4.69, 9.17) is 9.84 Å². The molecule has 0 bridgehead atoms. The molecule has 0 saturated heterocycles. The zero-order valence-corrected chi connectivity index (χ0v) is 10.7. The van der Waals surface area contributed by atoms with Gasteiger partial charge in [-0.15, -0.1) is 0 Å². The second kappa shape index (κ2) is 4.98. The number of halogens is 2. The minimum Gasteiger partial charge on any atom is -0.497 e. The van der Waals surface area contributed by atoms with Crippen molar-refractivity contribution in [2.24, 2.45) is 0 Å². The van der Waals surface area contributed by atoms with Crippen LogP contribution in [0.2, 0.25) is 0 Å². The van der Waals surface area contributed by atoms with Crippen LogP contribution in [0.25, 0.3) is 10.9 Å². The molecule has 5 heteroatoms. The first-order chi connectivity index (χ1) is 8.17. The minimum absolute atomic E-state index is 0.187. The summed E-state index contributed by atoms with van der Waals surface area (Å²) in [5.74, 6) is 0.186. The Morgan fingerprint density at radius 1 is 1.53 bits per heavy atom. The van der Waals surface area contributed by atoms with Gasteiger partial charge in [0.25, 0.3) is 0 Å². The molecule has 0 radical (unpaired) electrons. The van der Waals surface area contributed by atoms with Crippen molar-refractivity contribution >= 4 is 26.8 Å². The maximum Gasteiger partial charge on any atom is 0.146 e. The lowest BCUT2D eigenvalue weighted by molar-refractivity contribution is 0.297. The number of hydrogen-bond donors (Lipinski definition) is 1. The maximum absolute atomic E-state index is 13.7. The van der Waals surface area contributed by atoms with Crippen molar-refractivity contribution in [3.05, 3.63) is 35.8 Å². The molecule has 1 aromatic carbocycles. The van der Waals surface area contributed by atoms with Crippen LogP contribution in [-0.4, -0.2) is 23.8 Å². The quantitative estimate of drug-likeness (QED) is 0.886. The molecule has 0 aliphatic heterocycles. The number of ether oxygens (including phenoxy) is 1. The SMILES string of the molecule is COc1ccc2ncc(F)c([C@H](Br)CO)c2c1. The lowest BCUT2D eigenvalue weighted by Gasteiger charge is -2.12. The van der Waals surface area contributed by atoms with E-state index in [9.17, 15) is 4.39 Å². The second-order valence-corrected chi connectivity index (χ2v) is 4.66. The van der Waals surface area contributed by atoms with Crippen LogP contribution in [-0.2, 0) is 0 Å². The Morgan fingerprint density at radius 2 is 2.29 bits per heavy atom. The highest BCUT2D eigenvalue weighted by atomic mass is 79.9. The van der Waals surface area contributed by atoms with Crippen molar-refractivity contribution in [2.75, 3.05) is 13.7 Å². The average molecular weight is 300 g/mol. The smallest absolute Gasteiger partial charge is 0.146 e. The Bertz CT molecular complexity index is 547. The summed E-state index contributed by atoms with van der Waals surface area (Å²) in [6.07, 6.45) is 1.16. The van der Waals surface area contributed by atoms with Crippen LogP contribution in [0.4, 0.5) is 4.39 Å². The number of methoxy groups -OCH3 is 1. The summed E-state index contributed by atoms with van der Waals surface area (Å²) < 4.78 is 18.9. The highest BCUT2D eigenvalue weighted by molar-refractivity contribution is 9.09. The van der Waals surface area contributed by atoms with Crippen LogP contribution >= 0.6 is 15.9 Å². The first-order valence-corrected chi connectivity index (χ1v) is 5.96. The minimum atomic E-state index is -0.458. The van der Waals surface area contributed by atoms with Crippen LogP contribution in [0.1, 0.15) is 10.4 Å². The Balaban J connectivity index is 2.73. The van der Waals surface area contributed by atoms with Gasteiger partial charge in [-0.05, 0) is 18.2 Å². The lowest BCUT2D eigenvalue weighted by atomic mass is 10.1. The number of fused-ring (bicyclic) bond motifs is 1. The van der Waals surface area contributed by atoms with E-state index in [0.717, 1.165) is 6.20 Å². The first-order valence-electron chi connectivity index (χ1n) is 5.04. The van der Waals surface area contributed by atoms with Crippen molar-refractivity contribution in [1.82, 2.24) is 4.98 Å². The van der Waals surface area contributed by atoms with Crippen LogP contribution in [0.15, 0.2) is 24.4 Å². The summed E-state index contributed by atoms with van der Waals surface area (Å²) in [5.41, 5.74) is 1.07. The third-order valence-corrected chi connectivity index (χ3v) is 3.29. The molecule has 0 spiro atoms. The van der Waals surface area contributed by atoms with E-state index in [-0.39, 0.29) is 6.61 Å². The first kappa shape index (κ1) is 12.3. The van der Waals surface area contributed by atoms with E-state index in [0.29, 0.717) is 22.2 Å². The topological polar surface area (TPSA) is 42.4 Å². The Kier molecular flexibility index (Phi) is 3.59. The summed E-state index contributed by atoms with van der Waals surface area (Å²) in [7, 11) is 1.55. The number of benzene rings is 1. The number of aliphatic hydroxyl groups excluding tert-OH is 1. The third kappa shape index (κ3) is 2.25. The average Bonchev–Trinajstić information content (AvgIpc) is 2.37. The van der Waals surface area contributed by atoms with E-state index in [1.54, 1.807) is 25.3 Å². The molecule has 1 aromatic heterocycles. The van der Waals surface area contributed by atoms with E-state index in [1.807, 2.05) is 0 Å². The molecular weight excluding hydrogens is 289 g/mol. The second-order valence-electron chi connectivity index (χ2n) is 3.55. The number of rotatable bonds is 3. The molecule has 0 aliphatic rings. The molecule has 1 heterocycles. The maximum atomic E-state index is 13.7. The van der Waals surface area contributed by atoms with Gasteiger partial charge >= 0.3 is 0 Å². The lowest BCUT2D eigenvalue weighted by Crippen LogP contribution is -2.01. The Morgan fingerprint density at radius 3 is 2.94 bits per heavy atom. The molecule has 0 unspecified atom stereocenters. The highest BCUT2D eigenvalue weighted by Crippen LogP contribution is 2.32. The van der Waals surface area contributed by atoms with Gasteiger partial charge in [-0.3, -0.25) is 4.98 Å². The number of aromatic nitrogens is 1. The predicted octanol–water partition coefficient (Wildman–Crippen LogP) is 2.81. The predicted molar refractivity (Wildman–Crippen MR) is 67.0 cm³/mol. The molecule has 1 atom stereocenters. The molecular formula is C12H11BrFNO2. The van der Waals surface area contributed by atoms with E-state index in [2.05, 4.69) is 20.9 Å². The van der Waals surface area contributed by atoms with Crippen molar-refractivity contribution in [1.29, 1.82) is 0 Å². The van der Waals surface area contributed by atoms with Gasteiger partial charge in [0.05, 0.1) is 30.3 Å². The van der Waals surface area contributed by atoms with Gasteiger partial charge in [-0.2, -0.15) is 0 Å². The van der Waals surface area contributed by atoms with Crippen LogP contribution in [0.3, 0.4) is 0 Å². The summed E-state index contributed by atoms with van der Waals surface area (Å²) in [6, 6.07) is 5.23. The van der Waals surface area contributed by atoms with Gasteiger partial charge < -0.3 is 9.84 Å². The standard InChI is InChI=1S/C12H11BrFNO2/c1-17-7-2-3-11-8(4-7)12(9(13)6-16)10(14)5-15-11/h2-5,9,16H,6H2,1H3/t9-/m1/s1. The number of alkyl halides is 1. The van der Waals surface area contributed by atoms with Gasteiger partial charge in [0, 0.05) is 10.9 Å². The zero-order valence-electron chi connectivity index (χ0n) is 9.15. The van der Waals surface area contributed by atoms with E-state index >= 15 is 0 Å². The van der Waals surface area contributed by atoms with Crippen molar-refractivity contribution in [2.45, 2.75) is 4.83 Å². The monoisotopic (exact) mass is 299 g/mol.